The first kappa shape index (κ1) is 21.9. The van der Waals surface area contributed by atoms with E-state index in [1.165, 1.54) is 0 Å². The first-order valence-electron chi connectivity index (χ1n) is 9.53. The molecule has 6 nitrogen and oxygen atoms in total. The lowest BCUT2D eigenvalue weighted by atomic mass is 9.97. The molecular weight excluding hydrogens is 364 g/mol. The molecule has 0 radical (unpaired) electrons. The van der Waals surface area contributed by atoms with Crippen molar-refractivity contribution in [1.29, 1.82) is 0 Å². The van der Waals surface area contributed by atoms with Crippen molar-refractivity contribution in [1.82, 2.24) is 10.2 Å². The second kappa shape index (κ2) is 9.17. The summed E-state index contributed by atoms with van der Waals surface area (Å²) in [6.45, 7) is 5.23. The fraction of sp³-hybridized carbons (Fsp3) is 0.650. The van der Waals surface area contributed by atoms with Gasteiger partial charge in [-0.2, -0.15) is 0 Å². The number of hydrogen-bond acceptors (Lipinski definition) is 5. The van der Waals surface area contributed by atoms with Gasteiger partial charge in [0.2, 0.25) is 5.91 Å². The molecule has 27 heavy (non-hydrogen) atoms. The van der Waals surface area contributed by atoms with Gasteiger partial charge in [-0.3, -0.25) is 4.79 Å². The minimum Gasteiger partial charge on any atom is -0.381 e. The third-order valence-corrected chi connectivity index (χ3v) is 7.77. The Morgan fingerprint density at radius 3 is 2.30 bits per heavy atom. The monoisotopic (exact) mass is 396 g/mol. The van der Waals surface area contributed by atoms with E-state index in [0.717, 1.165) is 6.42 Å². The van der Waals surface area contributed by atoms with E-state index in [4.69, 9.17) is 4.74 Å². The van der Waals surface area contributed by atoms with Gasteiger partial charge in [-0.25, -0.2) is 8.42 Å². The minimum atomic E-state index is -3.82. The summed E-state index contributed by atoms with van der Waals surface area (Å²) in [4.78, 5) is 15.4. The number of ether oxygens (including phenoxy) is 1. The zero-order chi connectivity index (χ0) is 20.1. The first-order chi connectivity index (χ1) is 12.7. The van der Waals surface area contributed by atoms with Gasteiger partial charge in [0, 0.05) is 25.8 Å². The van der Waals surface area contributed by atoms with Crippen molar-refractivity contribution in [3.05, 3.63) is 30.3 Å². The highest BCUT2D eigenvalue weighted by molar-refractivity contribution is 7.93. The molecule has 1 atom stereocenters. The van der Waals surface area contributed by atoms with E-state index < -0.39 is 20.5 Å². The van der Waals surface area contributed by atoms with Crippen LogP contribution in [0, 0.1) is 5.92 Å². The number of sulfone groups is 1. The molecule has 1 heterocycles. The lowest BCUT2D eigenvalue weighted by Crippen LogP contribution is -2.57. The molecule has 1 N–H and O–H groups in total. The van der Waals surface area contributed by atoms with Crippen LogP contribution in [0.15, 0.2) is 35.2 Å². The third-order valence-electron chi connectivity index (χ3n) is 5.25. The van der Waals surface area contributed by atoms with Crippen LogP contribution in [0.1, 0.15) is 33.1 Å². The Balaban J connectivity index is 2.26. The summed E-state index contributed by atoms with van der Waals surface area (Å²) in [6, 6.07) is 8.40. The summed E-state index contributed by atoms with van der Waals surface area (Å²) in [5.41, 5.74) is 0. The number of carbonyl (C=O) groups excluding carboxylic acids is 1. The van der Waals surface area contributed by atoms with Crippen LogP contribution < -0.4 is 5.32 Å². The predicted octanol–water partition coefficient (Wildman–Crippen LogP) is 2.10. The molecule has 1 aliphatic rings. The molecule has 1 saturated heterocycles. The summed E-state index contributed by atoms with van der Waals surface area (Å²) in [5.74, 6) is 0.0738. The fourth-order valence-corrected chi connectivity index (χ4v) is 5.52. The van der Waals surface area contributed by atoms with E-state index in [9.17, 15) is 13.2 Å². The molecule has 1 aromatic carbocycles. The Morgan fingerprint density at radius 2 is 1.78 bits per heavy atom. The van der Waals surface area contributed by atoms with Crippen LogP contribution in [-0.4, -0.2) is 63.9 Å². The van der Waals surface area contributed by atoms with E-state index in [1.807, 2.05) is 14.1 Å². The number of likely N-dealkylation sites (N-methyl/N-ethyl adjacent to an activating group) is 1. The van der Waals surface area contributed by atoms with Crippen molar-refractivity contribution in [3.8, 4) is 0 Å². The van der Waals surface area contributed by atoms with Crippen LogP contribution in [0.3, 0.4) is 0 Å². The topological polar surface area (TPSA) is 75.7 Å². The van der Waals surface area contributed by atoms with Crippen molar-refractivity contribution >= 4 is 15.7 Å². The third kappa shape index (κ3) is 4.89. The molecule has 1 amide bonds. The highest BCUT2D eigenvalue weighted by Gasteiger charge is 2.52. The average Bonchev–Trinajstić information content (AvgIpc) is 2.65. The molecule has 0 bridgehead atoms. The normalized spacial score (nSPS) is 18.4. The van der Waals surface area contributed by atoms with Gasteiger partial charge in [0.05, 0.1) is 4.90 Å². The molecule has 7 heteroatoms. The van der Waals surface area contributed by atoms with E-state index in [1.54, 1.807) is 30.3 Å². The molecule has 0 aromatic heterocycles. The van der Waals surface area contributed by atoms with Crippen LogP contribution in [0.4, 0.5) is 0 Å². The Bertz CT molecular complexity index is 711. The number of carbonyl (C=O) groups is 1. The molecule has 2 rings (SSSR count). The number of hydrogen-bond donors (Lipinski definition) is 1. The summed E-state index contributed by atoms with van der Waals surface area (Å²) in [6.07, 6.45) is 1.27. The van der Waals surface area contributed by atoms with Crippen molar-refractivity contribution in [2.75, 3.05) is 33.9 Å². The van der Waals surface area contributed by atoms with Crippen LogP contribution >= 0.6 is 0 Å². The zero-order valence-electron chi connectivity index (χ0n) is 16.8. The van der Waals surface area contributed by atoms with Gasteiger partial charge in [-0.1, -0.05) is 32.0 Å². The van der Waals surface area contributed by atoms with Gasteiger partial charge in [-0.05, 0) is 51.4 Å². The standard InChI is InChI=1S/C20H32N2O4S/c1-16(2)14-17(22(3)4)15-21-19(23)20(10-12-26-13-11-20)27(24,25)18-8-6-5-7-9-18/h5-9,16-17H,10-15H2,1-4H3,(H,21,23). The number of nitrogens with one attached hydrogen (secondary N) is 1. The van der Waals surface area contributed by atoms with Gasteiger partial charge in [0.1, 0.15) is 0 Å². The molecule has 1 aromatic rings. The molecule has 0 saturated carbocycles. The fourth-order valence-electron chi connectivity index (χ4n) is 3.54. The molecule has 1 unspecified atom stereocenters. The number of benzene rings is 1. The molecule has 152 valence electrons. The van der Waals surface area contributed by atoms with Crippen LogP contribution in [-0.2, 0) is 19.4 Å². The Hall–Kier alpha value is -1.44. The largest absolute Gasteiger partial charge is 0.381 e. The lowest BCUT2D eigenvalue weighted by molar-refractivity contribution is -0.126. The second-order valence-electron chi connectivity index (χ2n) is 7.88. The summed E-state index contributed by atoms with van der Waals surface area (Å²) in [5, 5.41) is 2.94. The van der Waals surface area contributed by atoms with Gasteiger partial charge in [0.25, 0.3) is 0 Å². The van der Waals surface area contributed by atoms with Gasteiger partial charge >= 0.3 is 0 Å². The maximum absolute atomic E-state index is 13.4. The molecule has 1 aliphatic heterocycles. The maximum atomic E-state index is 13.4. The van der Waals surface area contributed by atoms with E-state index >= 15 is 0 Å². The number of amides is 1. The zero-order valence-corrected chi connectivity index (χ0v) is 17.6. The quantitative estimate of drug-likeness (QED) is 0.728. The van der Waals surface area contributed by atoms with Crippen molar-refractivity contribution in [2.24, 2.45) is 5.92 Å². The van der Waals surface area contributed by atoms with Crippen molar-refractivity contribution in [3.63, 3.8) is 0 Å². The molecular formula is C20H32N2O4S. The summed E-state index contributed by atoms with van der Waals surface area (Å²) in [7, 11) is 0.133. The highest BCUT2D eigenvalue weighted by Crippen LogP contribution is 2.35. The van der Waals surface area contributed by atoms with Gasteiger partial charge in [-0.15, -0.1) is 0 Å². The molecule has 0 aliphatic carbocycles. The minimum absolute atomic E-state index is 0.158. The number of rotatable bonds is 8. The first-order valence-corrected chi connectivity index (χ1v) is 11.0. The maximum Gasteiger partial charge on any atom is 0.242 e. The van der Waals surface area contributed by atoms with Crippen molar-refractivity contribution in [2.45, 2.75) is 48.8 Å². The van der Waals surface area contributed by atoms with E-state index in [-0.39, 0.29) is 37.0 Å². The Labute approximate surface area is 163 Å². The average molecular weight is 397 g/mol. The molecule has 0 spiro atoms. The van der Waals surface area contributed by atoms with Crippen LogP contribution in [0.25, 0.3) is 0 Å². The Kier molecular flexibility index (Phi) is 7.42. The predicted molar refractivity (Wildman–Crippen MR) is 106 cm³/mol. The van der Waals surface area contributed by atoms with Crippen LogP contribution in [0.5, 0.6) is 0 Å². The lowest BCUT2D eigenvalue weighted by Gasteiger charge is -2.36. The second-order valence-corrected chi connectivity index (χ2v) is 10.1. The van der Waals surface area contributed by atoms with E-state index in [2.05, 4.69) is 24.1 Å². The van der Waals surface area contributed by atoms with Crippen LogP contribution in [0.2, 0.25) is 0 Å². The van der Waals surface area contributed by atoms with Gasteiger partial charge in [0.15, 0.2) is 14.6 Å². The summed E-state index contributed by atoms with van der Waals surface area (Å²) < 4.78 is 30.7. The van der Waals surface area contributed by atoms with E-state index in [0.29, 0.717) is 12.5 Å². The van der Waals surface area contributed by atoms with Crippen molar-refractivity contribution < 1.29 is 17.9 Å². The SMILES string of the molecule is CC(C)CC(CNC(=O)C1(S(=O)(=O)c2ccccc2)CCOCC1)N(C)C. The smallest absolute Gasteiger partial charge is 0.242 e. The summed E-state index contributed by atoms with van der Waals surface area (Å²) >= 11 is 0. The van der Waals surface area contributed by atoms with Gasteiger partial charge < -0.3 is 15.0 Å². The Morgan fingerprint density at radius 1 is 1.19 bits per heavy atom. The molecule has 1 fully saturated rings. The number of nitrogens with zero attached hydrogens (tertiary/aromatic N) is 1. The highest BCUT2D eigenvalue weighted by atomic mass is 32.2.